The average Bonchev–Trinajstić information content (AvgIpc) is 2.35. The van der Waals surface area contributed by atoms with Gasteiger partial charge in [0.25, 0.3) is 0 Å². The molecule has 1 N–H and O–H groups in total. The van der Waals surface area contributed by atoms with Gasteiger partial charge in [-0.15, -0.1) is 0 Å². The van der Waals surface area contributed by atoms with Crippen molar-refractivity contribution in [2.24, 2.45) is 0 Å². The minimum atomic E-state index is 0.521. The molecule has 1 heterocycles. The summed E-state index contributed by atoms with van der Waals surface area (Å²) < 4.78 is 0. The summed E-state index contributed by atoms with van der Waals surface area (Å²) in [6.45, 7) is 4.43. The average molecular weight is 273 g/mol. The Morgan fingerprint density at radius 3 is 2.76 bits per heavy atom. The van der Waals surface area contributed by atoms with E-state index in [0.29, 0.717) is 11.3 Å². The molecule has 2 unspecified atom stereocenters. The molecule has 0 fully saturated rings. The summed E-state index contributed by atoms with van der Waals surface area (Å²) in [5, 5.41) is 5.62. The summed E-state index contributed by atoms with van der Waals surface area (Å²) in [6.07, 6.45) is 5.29. The van der Waals surface area contributed by atoms with E-state index < -0.39 is 0 Å². The number of pyridine rings is 1. The van der Waals surface area contributed by atoms with E-state index >= 15 is 0 Å². The molecule has 0 radical (unpaired) electrons. The van der Waals surface area contributed by atoms with Crippen molar-refractivity contribution in [2.75, 3.05) is 7.05 Å². The lowest BCUT2D eigenvalue weighted by molar-refractivity contribution is 0.490. The van der Waals surface area contributed by atoms with Crippen LogP contribution in [-0.4, -0.2) is 23.3 Å². The van der Waals surface area contributed by atoms with Gasteiger partial charge in [0.05, 0.1) is 5.02 Å². The molecule has 0 amide bonds. The van der Waals surface area contributed by atoms with Gasteiger partial charge in [-0.1, -0.05) is 43.6 Å². The number of thioether (sulfide) groups is 1. The molecule has 17 heavy (non-hydrogen) atoms. The Labute approximate surface area is 114 Å². The van der Waals surface area contributed by atoms with Crippen LogP contribution in [-0.2, 0) is 0 Å². The highest BCUT2D eigenvalue weighted by atomic mass is 35.5. The fraction of sp³-hybridized carbons (Fsp3) is 0.615. The third-order valence-corrected chi connectivity index (χ3v) is 4.74. The van der Waals surface area contributed by atoms with Gasteiger partial charge in [-0.3, -0.25) is 0 Å². The zero-order chi connectivity index (χ0) is 12.7. The Morgan fingerprint density at radius 1 is 1.47 bits per heavy atom. The Kier molecular flexibility index (Phi) is 6.93. The first-order chi connectivity index (χ1) is 8.22. The van der Waals surface area contributed by atoms with Crippen molar-refractivity contribution in [3.05, 3.63) is 23.4 Å². The minimum absolute atomic E-state index is 0.521. The quantitative estimate of drug-likeness (QED) is 0.760. The van der Waals surface area contributed by atoms with E-state index in [-0.39, 0.29) is 0 Å². The number of halogens is 1. The Morgan fingerprint density at radius 2 is 2.24 bits per heavy atom. The van der Waals surface area contributed by atoms with Crippen LogP contribution in [0.4, 0.5) is 0 Å². The molecule has 0 aromatic carbocycles. The highest BCUT2D eigenvalue weighted by molar-refractivity contribution is 8.00. The molecular formula is C13H21ClN2S. The molecular weight excluding hydrogens is 252 g/mol. The van der Waals surface area contributed by atoms with Crippen LogP contribution in [0.15, 0.2) is 23.4 Å². The Hall–Kier alpha value is -0.250. The molecule has 0 aliphatic carbocycles. The molecule has 0 spiro atoms. The first-order valence-electron chi connectivity index (χ1n) is 6.17. The van der Waals surface area contributed by atoms with Crippen molar-refractivity contribution in [3.8, 4) is 0 Å². The van der Waals surface area contributed by atoms with E-state index in [1.54, 1.807) is 18.0 Å². The minimum Gasteiger partial charge on any atom is -0.316 e. The van der Waals surface area contributed by atoms with E-state index in [4.69, 9.17) is 11.6 Å². The fourth-order valence-electron chi connectivity index (χ4n) is 1.88. The predicted octanol–water partition coefficient (Wildman–Crippen LogP) is 3.99. The fourth-order valence-corrected chi connectivity index (χ4v) is 3.33. The highest BCUT2D eigenvalue weighted by Crippen LogP contribution is 2.32. The molecule has 0 saturated heterocycles. The number of hydrogen-bond donors (Lipinski definition) is 1. The van der Waals surface area contributed by atoms with E-state index in [0.717, 1.165) is 16.5 Å². The number of aromatic nitrogens is 1. The van der Waals surface area contributed by atoms with E-state index in [9.17, 15) is 0 Å². The molecule has 1 rings (SSSR count). The van der Waals surface area contributed by atoms with Gasteiger partial charge < -0.3 is 5.32 Å². The predicted molar refractivity (Wildman–Crippen MR) is 76.9 cm³/mol. The lowest BCUT2D eigenvalue weighted by atomic mass is 10.1. The van der Waals surface area contributed by atoms with Crippen LogP contribution in [0.5, 0.6) is 0 Å². The normalized spacial score (nSPS) is 14.6. The summed E-state index contributed by atoms with van der Waals surface area (Å²) in [7, 11) is 2.03. The molecule has 4 heteroatoms. The van der Waals surface area contributed by atoms with Crippen molar-refractivity contribution in [1.29, 1.82) is 0 Å². The number of nitrogens with one attached hydrogen (secondary N) is 1. The third kappa shape index (κ3) is 4.49. The highest BCUT2D eigenvalue weighted by Gasteiger charge is 2.20. The molecule has 1 aromatic heterocycles. The van der Waals surface area contributed by atoms with Crippen molar-refractivity contribution >= 4 is 23.4 Å². The SMILES string of the molecule is CCCC(NC)C(CC)Sc1ncccc1Cl. The van der Waals surface area contributed by atoms with Gasteiger partial charge >= 0.3 is 0 Å². The van der Waals surface area contributed by atoms with Gasteiger partial charge in [0.15, 0.2) is 0 Å². The summed E-state index contributed by atoms with van der Waals surface area (Å²) in [5.74, 6) is 0. The Balaban J connectivity index is 2.72. The molecule has 0 aliphatic heterocycles. The van der Waals surface area contributed by atoms with Crippen LogP contribution in [0.2, 0.25) is 5.02 Å². The molecule has 1 aromatic rings. The maximum atomic E-state index is 6.15. The molecule has 96 valence electrons. The van der Waals surface area contributed by atoms with Crippen molar-refractivity contribution in [3.63, 3.8) is 0 Å². The largest absolute Gasteiger partial charge is 0.316 e. The van der Waals surface area contributed by atoms with Crippen molar-refractivity contribution in [1.82, 2.24) is 10.3 Å². The zero-order valence-corrected chi connectivity index (χ0v) is 12.3. The van der Waals surface area contributed by atoms with E-state index in [1.165, 1.54) is 12.8 Å². The first kappa shape index (κ1) is 14.8. The van der Waals surface area contributed by atoms with Gasteiger partial charge in [-0.05, 0) is 32.0 Å². The second kappa shape index (κ2) is 7.96. The van der Waals surface area contributed by atoms with E-state index in [2.05, 4.69) is 24.1 Å². The molecule has 0 bridgehead atoms. The van der Waals surface area contributed by atoms with E-state index in [1.807, 2.05) is 19.2 Å². The monoisotopic (exact) mass is 272 g/mol. The number of hydrogen-bond acceptors (Lipinski definition) is 3. The van der Waals surface area contributed by atoms with Gasteiger partial charge in [0, 0.05) is 17.5 Å². The van der Waals surface area contributed by atoms with Crippen molar-refractivity contribution in [2.45, 2.75) is 49.4 Å². The lowest BCUT2D eigenvalue weighted by Gasteiger charge is -2.25. The standard InChI is InChI=1S/C13H21ClN2S/c1-4-7-11(15-3)12(5-2)17-13-10(14)8-6-9-16-13/h6,8-9,11-12,15H,4-5,7H2,1-3H3. The Bertz CT molecular complexity index is 333. The molecule has 0 aliphatic rings. The summed E-state index contributed by atoms with van der Waals surface area (Å²) >= 11 is 7.93. The summed E-state index contributed by atoms with van der Waals surface area (Å²) in [6, 6.07) is 4.29. The molecule has 0 saturated carbocycles. The number of rotatable bonds is 7. The van der Waals surface area contributed by atoms with Crippen molar-refractivity contribution < 1.29 is 0 Å². The lowest BCUT2D eigenvalue weighted by Crippen LogP contribution is -2.35. The molecule has 2 nitrogen and oxygen atoms in total. The van der Waals surface area contributed by atoms with Crippen LogP contribution >= 0.6 is 23.4 Å². The zero-order valence-electron chi connectivity index (χ0n) is 10.7. The maximum Gasteiger partial charge on any atom is 0.115 e. The van der Waals surface area contributed by atoms with Gasteiger partial charge in [-0.2, -0.15) is 0 Å². The first-order valence-corrected chi connectivity index (χ1v) is 7.43. The second-order valence-electron chi connectivity index (χ2n) is 4.04. The topological polar surface area (TPSA) is 24.9 Å². The summed E-state index contributed by atoms with van der Waals surface area (Å²) in [4.78, 5) is 4.35. The maximum absolute atomic E-state index is 6.15. The smallest absolute Gasteiger partial charge is 0.115 e. The number of nitrogens with zero attached hydrogens (tertiary/aromatic N) is 1. The van der Waals surface area contributed by atoms with Crippen LogP contribution in [0.3, 0.4) is 0 Å². The van der Waals surface area contributed by atoms with Gasteiger partial charge in [0.1, 0.15) is 5.03 Å². The van der Waals surface area contributed by atoms with Gasteiger partial charge in [0.2, 0.25) is 0 Å². The third-order valence-electron chi connectivity index (χ3n) is 2.81. The molecule has 2 atom stereocenters. The summed E-state index contributed by atoms with van der Waals surface area (Å²) in [5.41, 5.74) is 0. The van der Waals surface area contributed by atoms with Crippen LogP contribution in [0.1, 0.15) is 33.1 Å². The van der Waals surface area contributed by atoms with Crippen LogP contribution in [0, 0.1) is 0 Å². The van der Waals surface area contributed by atoms with Crippen LogP contribution in [0.25, 0.3) is 0 Å². The van der Waals surface area contributed by atoms with Crippen LogP contribution < -0.4 is 5.32 Å². The van der Waals surface area contributed by atoms with Gasteiger partial charge in [-0.25, -0.2) is 4.98 Å². The second-order valence-corrected chi connectivity index (χ2v) is 5.67.